The smallest absolute Gasteiger partial charge is 0.226 e. The number of rotatable bonds is 2. The minimum Gasteiger partial charge on any atom is -0.226 e. The molecule has 0 aromatic carbocycles. The molecular weight excluding hydrogens is 310 g/mol. The summed E-state index contributed by atoms with van der Waals surface area (Å²) in [5.41, 5.74) is 4.24. The maximum Gasteiger partial charge on any atom is 0.228 e. The SMILES string of the molecule is CC(C)(C)c1ccn2c(cc[n+]2C(C)(C)c2ccn3nccc3n2)c1. The van der Waals surface area contributed by atoms with Gasteiger partial charge in [0.2, 0.25) is 5.54 Å². The van der Waals surface area contributed by atoms with Crippen LogP contribution in [0.2, 0.25) is 0 Å². The van der Waals surface area contributed by atoms with Crippen LogP contribution in [-0.2, 0) is 11.0 Å². The standard InChI is InChI=1S/C20H24N5/c1-19(2,3)15-7-12-24-16(14-15)8-13-25(24)20(4,5)17-9-11-23-18(22-17)6-10-21-23/h6-14H,1-5H3/q+1. The van der Waals surface area contributed by atoms with Gasteiger partial charge in [0.1, 0.15) is 11.2 Å². The van der Waals surface area contributed by atoms with Gasteiger partial charge >= 0.3 is 0 Å². The molecule has 0 amide bonds. The quantitative estimate of drug-likeness (QED) is 0.527. The molecule has 0 saturated heterocycles. The minimum absolute atomic E-state index is 0.140. The molecule has 5 nitrogen and oxygen atoms in total. The van der Waals surface area contributed by atoms with Crippen LogP contribution in [0.3, 0.4) is 0 Å². The van der Waals surface area contributed by atoms with Crippen molar-refractivity contribution < 1.29 is 4.68 Å². The third-order valence-electron chi connectivity index (χ3n) is 4.91. The summed E-state index contributed by atoms with van der Waals surface area (Å²) < 4.78 is 6.21. The number of aromatic nitrogens is 5. The van der Waals surface area contributed by atoms with Crippen molar-refractivity contribution in [1.29, 1.82) is 0 Å². The predicted molar refractivity (Wildman–Crippen MR) is 97.7 cm³/mol. The third kappa shape index (κ3) is 2.51. The van der Waals surface area contributed by atoms with E-state index in [1.165, 1.54) is 11.1 Å². The Kier molecular flexibility index (Phi) is 3.26. The van der Waals surface area contributed by atoms with Crippen LogP contribution in [0.1, 0.15) is 45.9 Å². The largest absolute Gasteiger partial charge is 0.228 e. The summed E-state index contributed by atoms with van der Waals surface area (Å²) in [4.78, 5) is 4.79. The highest BCUT2D eigenvalue weighted by molar-refractivity contribution is 5.48. The zero-order valence-electron chi connectivity index (χ0n) is 15.4. The maximum absolute atomic E-state index is 4.79. The fourth-order valence-electron chi connectivity index (χ4n) is 3.24. The maximum atomic E-state index is 4.79. The Bertz CT molecular complexity index is 1060. The Morgan fingerprint density at radius 3 is 2.52 bits per heavy atom. The van der Waals surface area contributed by atoms with Crippen molar-refractivity contribution in [3.8, 4) is 0 Å². The topological polar surface area (TPSA) is 38.5 Å². The molecule has 0 radical (unpaired) electrons. The van der Waals surface area contributed by atoms with Crippen LogP contribution in [0.5, 0.6) is 0 Å². The van der Waals surface area contributed by atoms with Gasteiger partial charge in [-0.1, -0.05) is 20.8 Å². The first-order chi connectivity index (χ1) is 11.8. The molecule has 25 heavy (non-hydrogen) atoms. The molecule has 0 unspecified atom stereocenters. The molecule has 0 fully saturated rings. The van der Waals surface area contributed by atoms with Crippen molar-refractivity contribution in [2.24, 2.45) is 0 Å². The van der Waals surface area contributed by atoms with Crippen LogP contribution in [0.15, 0.2) is 55.1 Å². The van der Waals surface area contributed by atoms with E-state index < -0.39 is 0 Å². The first kappa shape index (κ1) is 15.8. The van der Waals surface area contributed by atoms with Gasteiger partial charge in [0.15, 0.2) is 11.8 Å². The summed E-state index contributed by atoms with van der Waals surface area (Å²) in [5, 5.41) is 4.23. The molecule has 5 heteroatoms. The van der Waals surface area contributed by atoms with E-state index in [1.54, 1.807) is 10.7 Å². The fourth-order valence-corrected chi connectivity index (χ4v) is 3.24. The van der Waals surface area contributed by atoms with Crippen LogP contribution in [0.4, 0.5) is 0 Å². The number of nitrogens with zero attached hydrogens (tertiary/aromatic N) is 5. The van der Waals surface area contributed by atoms with Gasteiger partial charge in [0.25, 0.3) is 0 Å². The number of fused-ring (bicyclic) bond motifs is 2. The molecule has 0 N–H and O–H groups in total. The van der Waals surface area contributed by atoms with Crippen molar-refractivity contribution in [3.05, 3.63) is 66.4 Å². The second kappa shape index (κ2) is 5.15. The average Bonchev–Trinajstić information content (AvgIpc) is 3.19. The van der Waals surface area contributed by atoms with Crippen molar-refractivity contribution in [1.82, 2.24) is 19.1 Å². The minimum atomic E-state index is -0.290. The van der Waals surface area contributed by atoms with Crippen molar-refractivity contribution in [3.63, 3.8) is 0 Å². The lowest BCUT2D eigenvalue weighted by molar-refractivity contribution is -0.806. The number of pyridine rings is 1. The molecule has 0 bridgehead atoms. The van der Waals surface area contributed by atoms with Crippen molar-refractivity contribution >= 4 is 11.2 Å². The molecule has 4 aromatic heterocycles. The highest BCUT2D eigenvalue weighted by Gasteiger charge is 2.36. The summed E-state index contributed by atoms with van der Waals surface area (Å²) in [6.07, 6.45) is 8.01. The predicted octanol–water partition coefficient (Wildman–Crippen LogP) is 3.35. The second-order valence-electron chi connectivity index (χ2n) is 8.10. The zero-order valence-corrected chi connectivity index (χ0v) is 15.4. The van der Waals surface area contributed by atoms with E-state index in [0.717, 1.165) is 11.3 Å². The molecule has 128 valence electrons. The fraction of sp³-hybridized carbons (Fsp3) is 0.350. The molecule has 4 aromatic rings. The zero-order chi connectivity index (χ0) is 17.8. The van der Waals surface area contributed by atoms with Gasteiger partial charge in [-0.15, -0.1) is 9.20 Å². The van der Waals surface area contributed by atoms with E-state index in [9.17, 15) is 0 Å². The molecule has 4 rings (SSSR count). The summed E-state index contributed by atoms with van der Waals surface area (Å²) in [6, 6.07) is 10.6. The van der Waals surface area contributed by atoms with Gasteiger partial charge in [0, 0.05) is 32.2 Å². The van der Waals surface area contributed by atoms with Crippen molar-refractivity contribution in [2.75, 3.05) is 0 Å². The average molecular weight is 334 g/mol. The first-order valence-electron chi connectivity index (χ1n) is 8.62. The van der Waals surface area contributed by atoms with Crippen LogP contribution in [0.25, 0.3) is 11.2 Å². The number of hydrogen-bond donors (Lipinski definition) is 0. The van der Waals surface area contributed by atoms with Crippen LogP contribution < -0.4 is 4.68 Å². The lowest BCUT2D eigenvalue weighted by Crippen LogP contribution is -2.56. The molecule has 0 aliphatic rings. The molecule has 0 aliphatic heterocycles. The van der Waals surface area contributed by atoms with Crippen LogP contribution in [0, 0.1) is 0 Å². The van der Waals surface area contributed by atoms with Gasteiger partial charge in [-0.05, 0) is 29.2 Å². The monoisotopic (exact) mass is 334 g/mol. The highest BCUT2D eigenvalue weighted by Crippen LogP contribution is 2.24. The molecule has 4 heterocycles. The number of hydrogen-bond acceptors (Lipinski definition) is 2. The van der Waals surface area contributed by atoms with Crippen LogP contribution >= 0.6 is 0 Å². The van der Waals surface area contributed by atoms with E-state index in [0.29, 0.717) is 0 Å². The Balaban J connectivity index is 1.84. The first-order valence-corrected chi connectivity index (χ1v) is 8.62. The Labute approximate surface area is 147 Å². The van der Waals surface area contributed by atoms with Gasteiger partial charge in [-0.3, -0.25) is 0 Å². The summed E-state index contributed by atoms with van der Waals surface area (Å²) >= 11 is 0. The van der Waals surface area contributed by atoms with Gasteiger partial charge in [-0.2, -0.15) is 5.10 Å². The summed E-state index contributed by atoms with van der Waals surface area (Å²) in [5.74, 6) is 0. The Morgan fingerprint density at radius 1 is 0.960 bits per heavy atom. The highest BCUT2D eigenvalue weighted by atomic mass is 15.4. The van der Waals surface area contributed by atoms with E-state index in [4.69, 9.17) is 4.98 Å². The summed E-state index contributed by atoms with van der Waals surface area (Å²) in [7, 11) is 0. The van der Waals surface area contributed by atoms with E-state index in [2.05, 4.69) is 79.5 Å². The third-order valence-corrected chi connectivity index (χ3v) is 4.91. The lowest BCUT2D eigenvalue weighted by atomic mass is 9.88. The molecular formula is C20H24N5+. The van der Waals surface area contributed by atoms with Crippen LogP contribution in [-0.4, -0.2) is 19.1 Å². The molecule has 0 aliphatic carbocycles. The van der Waals surface area contributed by atoms with Crippen molar-refractivity contribution in [2.45, 2.75) is 45.6 Å². The summed E-state index contributed by atoms with van der Waals surface area (Å²) in [6.45, 7) is 11.1. The van der Waals surface area contributed by atoms with E-state index >= 15 is 0 Å². The second-order valence-corrected chi connectivity index (χ2v) is 8.10. The Morgan fingerprint density at radius 2 is 1.76 bits per heavy atom. The van der Waals surface area contributed by atoms with Gasteiger partial charge in [0.05, 0.1) is 12.4 Å². The Hall–Kier alpha value is -2.69. The lowest BCUT2D eigenvalue weighted by Gasteiger charge is -2.20. The van der Waals surface area contributed by atoms with E-state index in [-0.39, 0.29) is 11.0 Å². The molecule has 0 saturated carbocycles. The van der Waals surface area contributed by atoms with Gasteiger partial charge < -0.3 is 0 Å². The molecule has 0 spiro atoms. The van der Waals surface area contributed by atoms with E-state index in [1.807, 2.05) is 18.3 Å². The molecule has 0 atom stereocenters. The normalized spacial score (nSPS) is 13.0. The van der Waals surface area contributed by atoms with Gasteiger partial charge in [-0.25, -0.2) is 9.50 Å².